The summed E-state index contributed by atoms with van der Waals surface area (Å²) in [4.78, 5) is 32.6. The molecule has 12 heteroatoms. The van der Waals surface area contributed by atoms with Gasteiger partial charge in [-0.2, -0.15) is 9.97 Å². The van der Waals surface area contributed by atoms with E-state index >= 15 is 0 Å². The lowest BCUT2D eigenvalue weighted by Crippen LogP contribution is -2.41. The highest BCUT2D eigenvalue weighted by molar-refractivity contribution is 9.10. The third-order valence-corrected chi connectivity index (χ3v) is 9.05. The fourth-order valence-electron chi connectivity index (χ4n) is 6.07. The Morgan fingerprint density at radius 2 is 1.68 bits per heavy atom. The van der Waals surface area contributed by atoms with Gasteiger partial charge in [-0.15, -0.1) is 5.06 Å². The summed E-state index contributed by atoms with van der Waals surface area (Å²) in [7, 11) is 0. The smallest absolute Gasteiger partial charge is 0.365 e. The van der Waals surface area contributed by atoms with Crippen molar-refractivity contribution in [2.24, 2.45) is 5.73 Å². The minimum absolute atomic E-state index is 0.182. The van der Waals surface area contributed by atoms with Crippen LogP contribution in [0.1, 0.15) is 70.3 Å². The number of carbonyl (C=O) groups is 1. The van der Waals surface area contributed by atoms with E-state index in [4.69, 9.17) is 25.5 Å². The molecule has 0 unspecified atom stereocenters. The molecule has 1 aliphatic heterocycles. The number of piperidine rings is 1. The van der Waals surface area contributed by atoms with E-state index in [2.05, 4.69) is 36.4 Å². The molecule has 0 radical (unpaired) electrons. The number of nitrogens with zero attached hydrogens (tertiary/aromatic N) is 5. The van der Waals surface area contributed by atoms with Gasteiger partial charge in [0, 0.05) is 41.7 Å². The van der Waals surface area contributed by atoms with Crippen LogP contribution in [0.4, 0.5) is 22.2 Å². The highest BCUT2D eigenvalue weighted by atomic mass is 79.9. The van der Waals surface area contributed by atoms with Crippen LogP contribution in [0.3, 0.4) is 0 Å². The van der Waals surface area contributed by atoms with Crippen molar-refractivity contribution >= 4 is 50.6 Å². The maximum atomic E-state index is 12.4. The van der Waals surface area contributed by atoms with Gasteiger partial charge in [0.15, 0.2) is 17.0 Å². The zero-order valence-electron chi connectivity index (χ0n) is 22.7. The van der Waals surface area contributed by atoms with Crippen molar-refractivity contribution in [3.05, 3.63) is 35.1 Å². The molecule has 5 N–H and O–H groups in total. The number of hydroxylamine groups is 2. The summed E-state index contributed by atoms with van der Waals surface area (Å²) in [5, 5.41) is 11.8. The first-order valence-electron chi connectivity index (χ1n) is 14.5. The molecule has 1 amide bonds. The predicted octanol–water partition coefficient (Wildman–Crippen LogP) is 5.43. The van der Waals surface area contributed by atoms with Gasteiger partial charge < -0.3 is 25.8 Å². The Morgan fingerprint density at radius 1 is 0.950 bits per heavy atom. The maximum absolute atomic E-state index is 12.4. The highest BCUT2D eigenvalue weighted by Gasteiger charge is 2.27. The molecule has 1 aromatic carbocycles. The molecule has 0 spiro atoms. The summed E-state index contributed by atoms with van der Waals surface area (Å²) in [6.07, 6.45) is 12.0. The normalized spacial score (nSPS) is 22.9. The lowest BCUT2D eigenvalue weighted by Gasteiger charge is -2.31. The van der Waals surface area contributed by atoms with Gasteiger partial charge in [-0.05, 0) is 79.4 Å². The number of hydrogen-bond acceptors (Lipinski definition) is 9. The number of rotatable bonds is 7. The Bertz CT molecular complexity index is 1310. The molecule has 3 fully saturated rings. The van der Waals surface area contributed by atoms with E-state index in [1.807, 2.05) is 30.6 Å². The average Bonchev–Trinajstić information content (AvgIpc) is 3.63. The van der Waals surface area contributed by atoms with Crippen LogP contribution in [-0.4, -0.2) is 61.9 Å². The lowest BCUT2D eigenvalue weighted by molar-refractivity contribution is -0.106. The van der Waals surface area contributed by atoms with Crippen LogP contribution >= 0.6 is 15.9 Å². The van der Waals surface area contributed by atoms with Crippen LogP contribution < -0.4 is 21.7 Å². The Kier molecular flexibility index (Phi) is 8.35. The second-order valence-corrected chi connectivity index (χ2v) is 12.1. The zero-order chi connectivity index (χ0) is 27.5. The monoisotopic (exact) mass is 611 g/mol. The Morgan fingerprint density at radius 3 is 2.42 bits per heavy atom. The van der Waals surface area contributed by atoms with E-state index in [0.29, 0.717) is 42.9 Å². The summed E-state index contributed by atoms with van der Waals surface area (Å²) in [6.45, 7) is 1.25. The van der Waals surface area contributed by atoms with Crippen molar-refractivity contribution in [2.75, 3.05) is 29.0 Å². The third kappa shape index (κ3) is 6.34. The molecule has 2 aliphatic carbocycles. The minimum Gasteiger partial charge on any atom is -0.365 e. The van der Waals surface area contributed by atoms with Crippen LogP contribution in [0, 0.1) is 0 Å². The number of aromatic nitrogens is 4. The van der Waals surface area contributed by atoms with Crippen LogP contribution in [0.25, 0.3) is 11.2 Å². The average molecular weight is 613 g/mol. The van der Waals surface area contributed by atoms with Crippen molar-refractivity contribution < 1.29 is 9.63 Å². The molecular weight excluding hydrogens is 574 g/mol. The molecule has 3 aliphatic rings. The molecule has 0 atom stereocenters. The second kappa shape index (κ2) is 12.3. The van der Waals surface area contributed by atoms with Gasteiger partial charge in [-0.25, -0.2) is 9.78 Å². The molecule has 1 saturated heterocycles. The minimum atomic E-state index is -0.493. The maximum Gasteiger partial charge on any atom is 0.430 e. The number of nitrogens with one attached hydrogen (secondary N) is 3. The number of hydrogen-bond donors (Lipinski definition) is 4. The van der Waals surface area contributed by atoms with E-state index in [0.717, 1.165) is 72.8 Å². The van der Waals surface area contributed by atoms with E-state index in [-0.39, 0.29) is 6.04 Å². The van der Waals surface area contributed by atoms with Crippen LogP contribution in [0.15, 0.2) is 35.1 Å². The first kappa shape index (κ1) is 27.2. The van der Waals surface area contributed by atoms with E-state index < -0.39 is 6.09 Å². The number of amides is 1. The summed E-state index contributed by atoms with van der Waals surface area (Å²) < 4.78 is 3.06. The highest BCUT2D eigenvalue weighted by Crippen LogP contribution is 2.34. The lowest BCUT2D eigenvalue weighted by atomic mass is 9.92. The number of nitrogens with two attached hydrogens (primary N) is 1. The third-order valence-electron chi connectivity index (χ3n) is 8.36. The number of carbonyl (C=O) groups excluding carboxylic acids is 1. The van der Waals surface area contributed by atoms with Crippen molar-refractivity contribution in [3.63, 3.8) is 0 Å². The number of imidazole rings is 1. The topological polar surface area (TPSA) is 135 Å². The number of benzene rings is 1. The van der Waals surface area contributed by atoms with Crippen molar-refractivity contribution in [3.8, 4) is 0 Å². The molecule has 214 valence electrons. The molecule has 40 heavy (non-hydrogen) atoms. The molecule has 3 heterocycles. The molecule has 2 aromatic heterocycles. The standard InChI is InChI=1S/C28H38BrN9O2/c29-22-7-3-4-8-23(22)34-28(39)40-37-15-13-20(14-16-37)32-25-24-26(38(17-31-24)21-5-1-2-6-21)36-27(35-25)33-19-11-9-18(30)10-12-19/h3-4,7-8,17-21H,1-2,5-6,9-16,30H2,(H,34,39)(H2,32,33,35,36)/t18-,19-. The van der Waals surface area contributed by atoms with Gasteiger partial charge in [0.05, 0.1) is 12.0 Å². The molecule has 11 nitrogen and oxygen atoms in total. The molecular formula is C28H38BrN9O2. The van der Waals surface area contributed by atoms with Gasteiger partial charge >= 0.3 is 6.09 Å². The van der Waals surface area contributed by atoms with Crippen LogP contribution in [0.5, 0.6) is 0 Å². The number of para-hydroxylation sites is 1. The predicted molar refractivity (Wildman–Crippen MR) is 159 cm³/mol. The molecule has 3 aromatic rings. The number of fused-ring (bicyclic) bond motifs is 1. The quantitative estimate of drug-likeness (QED) is 0.276. The first-order valence-corrected chi connectivity index (χ1v) is 15.3. The number of halogens is 1. The van der Waals surface area contributed by atoms with Gasteiger partial charge in [-0.3, -0.25) is 5.32 Å². The molecule has 2 saturated carbocycles. The summed E-state index contributed by atoms with van der Waals surface area (Å²) >= 11 is 3.44. The summed E-state index contributed by atoms with van der Waals surface area (Å²) in [5.74, 6) is 1.42. The van der Waals surface area contributed by atoms with Crippen LogP contribution in [-0.2, 0) is 4.84 Å². The largest absolute Gasteiger partial charge is 0.430 e. The van der Waals surface area contributed by atoms with Crippen LogP contribution in [0.2, 0.25) is 0 Å². The van der Waals surface area contributed by atoms with Gasteiger partial charge in [0.25, 0.3) is 0 Å². The fourth-order valence-corrected chi connectivity index (χ4v) is 6.46. The van der Waals surface area contributed by atoms with Gasteiger partial charge in [0.2, 0.25) is 5.95 Å². The van der Waals surface area contributed by atoms with Gasteiger partial charge in [-0.1, -0.05) is 25.0 Å². The fraction of sp³-hybridized carbons (Fsp3) is 0.571. The molecule has 0 bridgehead atoms. The first-order chi connectivity index (χ1) is 19.5. The Hall–Kier alpha value is -2.96. The zero-order valence-corrected chi connectivity index (χ0v) is 24.3. The van der Waals surface area contributed by atoms with E-state index in [1.165, 1.54) is 12.8 Å². The van der Waals surface area contributed by atoms with E-state index in [9.17, 15) is 4.79 Å². The second-order valence-electron chi connectivity index (χ2n) is 11.2. The molecule has 6 rings (SSSR count). The van der Waals surface area contributed by atoms with Crippen molar-refractivity contribution in [1.82, 2.24) is 24.6 Å². The Balaban J connectivity index is 1.12. The SMILES string of the molecule is N[C@H]1CC[C@H](Nc2nc(NC3CCN(OC(=O)Nc4ccccc4Br)CC3)c3ncn(C4CCCC4)c3n2)CC1. The summed E-state index contributed by atoms with van der Waals surface area (Å²) in [5.41, 5.74) is 8.51. The number of anilines is 3. The van der Waals surface area contributed by atoms with E-state index in [1.54, 1.807) is 5.06 Å². The van der Waals surface area contributed by atoms with Crippen molar-refractivity contribution in [2.45, 2.75) is 88.4 Å². The Labute approximate surface area is 242 Å². The summed E-state index contributed by atoms with van der Waals surface area (Å²) in [6, 6.07) is 8.71. The van der Waals surface area contributed by atoms with Gasteiger partial charge in [0.1, 0.15) is 0 Å². The van der Waals surface area contributed by atoms with Crippen molar-refractivity contribution in [1.29, 1.82) is 0 Å².